The largest absolute Gasteiger partial charge is 0.311 e. The number of hydrogen-bond donors (Lipinski definition) is 0. The smallest absolute Gasteiger partial charge is 0.160 e. The first-order valence-electron chi connectivity index (χ1n) is 8.05. The summed E-state index contributed by atoms with van der Waals surface area (Å²) in [5, 5.41) is 0. The minimum Gasteiger partial charge on any atom is -0.311 e. The van der Waals surface area contributed by atoms with Gasteiger partial charge in [0.1, 0.15) is 11.3 Å². The molecule has 1 fully saturated rings. The maximum absolute atomic E-state index is 4.94. The summed E-state index contributed by atoms with van der Waals surface area (Å²) in [4.78, 5) is 12.1. The Balaban J connectivity index is 2.10. The van der Waals surface area contributed by atoms with E-state index in [0.717, 1.165) is 24.3 Å². The fourth-order valence-electron chi connectivity index (χ4n) is 3.36. The van der Waals surface area contributed by atoms with E-state index in [9.17, 15) is 0 Å². The number of aromatic nitrogens is 3. The van der Waals surface area contributed by atoms with Crippen LogP contribution in [0.5, 0.6) is 0 Å². The molecule has 1 atom stereocenters. The van der Waals surface area contributed by atoms with Gasteiger partial charge in [-0.25, -0.2) is 9.97 Å². The van der Waals surface area contributed by atoms with E-state index in [1.807, 2.05) is 12.3 Å². The molecular formula is C17H26N4. The molecule has 0 radical (unpaired) electrons. The summed E-state index contributed by atoms with van der Waals surface area (Å²) in [5.74, 6) is 1.21. The zero-order chi connectivity index (χ0) is 15.0. The second-order valence-electron chi connectivity index (χ2n) is 7.25. The molecule has 1 aliphatic rings. The van der Waals surface area contributed by atoms with Crippen LogP contribution in [0.4, 0.5) is 0 Å². The molecule has 4 nitrogen and oxygen atoms in total. The molecule has 1 aliphatic heterocycles. The summed E-state index contributed by atoms with van der Waals surface area (Å²) in [6.07, 6.45) is 4.35. The second-order valence-corrected chi connectivity index (χ2v) is 7.25. The van der Waals surface area contributed by atoms with Crippen LogP contribution in [-0.2, 0) is 6.54 Å². The summed E-state index contributed by atoms with van der Waals surface area (Å²) in [5.41, 5.74) is 2.28. The van der Waals surface area contributed by atoms with Crippen molar-refractivity contribution >= 4 is 11.2 Å². The first kappa shape index (κ1) is 14.5. The van der Waals surface area contributed by atoms with E-state index in [1.165, 1.54) is 25.2 Å². The van der Waals surface area contributed by atoms with Gasteiger partial charge in [0.25, 0.3) is 0 Å². The molecule has 3 heterocycles. The fraction of sp³-hybridized carbons (Fsp3) is 0.647. The maximum Gasteiger partial charge on any atom is 0.160 e. The van der Waals surface area contributed by atoms with Gasteiger partial charge in [0, 0.05) is 12.7 Å². The van der Waals surface area contributed by atoms with Gasteiger partial charge in [-0.2, -0.15) is 0 Å². The van der Waals surface area contributed by atoms with Gasteiger partial charge in [-0.15, -0.1) is 0 Å². The Morgan fingerprint density at radius 2 is 2.14 bits per heavy atom. The predicted molar refractivity (Wildman–Crippen MR) is 86.2 cm³/mol. The van der Waals surface area contributed by atoms with E-state index in [-0.39, 0.29) is 5.41 Å². The highest BCUT2D eigenvalue weighted by Gasteiger charge is 2.30. The van der Waals surface area contributed by atoms with Crippen molar-refractivity contribution in [3.05, 3.63) is 24.2 Å². The maximum atomic E-state index is 4.94. The minimum absolute atomic E-state index is 0.218. The van der Waals surface area contributed by atoms with Crippen molar-refractivity contribution < 1.29 is 0 Å². The third-order valence-corrected chi connectivity index (χ3v) is 4.23. The molecule has 4 heteroatoms. The molecule has 0 aromatic carbocycles. The van der Waals surface area contributed by atoms with Crippen LogP contribution in [0.25, 0.3) is 11.2 Å². The van der Waals surface area contributed by atoms with Crippen LogP contribution in [-0.4, -0.2) is 32.5 Å². The number of pyridine rings is 1. The number of nitrogens with zero attached hydrogens (tertiary/aromatic N) is 4. The molecule has 0 saturated carbocycles. The molecule has 0 spiro atoms. The van der Waals surface area contributed by atoms with Gasteiger partial charge in [-0.3, -0.25) is 4.90 Å². The molecule has 1 unspecified atom stereocenters. The summed E-state index contributed by atoms with van der Waals surface area (Å²) in [6, 6.07) is 4.51. The molecule has 2 aromatic heterocycles. The van der Waals surface area contributed by atoms with Crippen LogP contribution in [0.3, 0.4) is 0 Å². The molecule has 0 bridgehead atoms. The van der Waals surface area contributed by atoms with Crippen LogP contribution in [0.2, 0.25) is 0 Å². The predicted octanol–water partition coefficient (Wildman–Crippen LogP) is 3.63. The van der Waals surface area contributed by atoms with Gasteiger partial charge in [0.15, 0.2) is 5.65 Å². The highest BCUT2D eigenvalue weighted by atomic mass is 15.2. The van der Waals surface area contributed by atoms with Crippen LogP contribution < -0.4 is 0 Å². The minimum atomic E-state index is 0.218. The van der Waals surface area contributed by atoms with Gasteiger partial charge in [-0.1, -0.05) is 27.7 Å². The number of fused-ring (bicyclic) bond motifs is 1. The van der Waals surface area contributed by atoms with Crippen LogP contribution >= 0.6 is 0 Å². The third kappa shape index (κ3) is 2.82. The molecule has 0 amide bonds. The molecule has 0 aliphatic carbocycles. The lowest BCUT2D eigenvalue weighted by molar-refractivity contribution is 0.247. The van der Waals surface area contributed by atoms with Gasteiger partial charge in [0.2, 0.25) is 0 Å². The standard InChI is InChI=1S/C17H26N4/c1-5-20-11-7-9-14(20)16-19-13-8-6-10-18-15(13)21(16)12-17(2,3)4/h6,8,10,14H,5,7,9,11-12H2,1-4H3. The average molecular weight is 286 g/mol. The monoisotopic (exact) mass is 286 g/mol. The normalized spacial score (nSPS) is 20.5. The summed E-state index contributed by atoms with van der Waals surface area (Å²) >= 11 is 0. The van der Waals surface area contributed by atoms with E-state index in [0.29, 0.717) is 6.04 Å². The second kappa shape index (κ2) is 5.41. The first-order valence-corrected chi connectivity index (χ1v) is 8.05. The lowest BCUT2D eigenvalue weighted by Crippen LogP contribution is -2.27. The third-order valence-electron chi connectivity index (χ3n) is 4.23. The van der Waals surface area contributed by atoms with Gasteiger partial charge in [0.05, 0.1) is 6.04 Å². The van der Waals surface area contributed by atoms with E-state index in [4.69, 9.17) is 4.98 Å². The zero-order valence-corrected chi connectivity index (χ0v) is 13.6. The van der Waals surface area contributed by atoms with Crippen molar-refractivity contribution in [2.75, 3.05) is 13.1 Å². The van der Waals surface area contributed by atoms with E-state index in [1.54, 1.807) is 0 Å². The van der Waals surface area contributed by atoms with Crippen molar-refractivity contribution in [2.45, 2.75) is 53.1 Å². The Morgan fingerprint density at radius 3 is 2.86 bits per heavy atom. The number of imidazole rings is 1. The SMILES string of the molecule is CCN1CCCC1c1nc2cccnc2n1CC(C)(C)C. The Kier molecular flexibility index (Phi) is 3.74. The average Bonchev–Trinajstić information content (AvgIpc) is 3.01. The lowest BCUT2D eigenvalue weighted by Gasteiger charge is -2.26. The van der Waals surface area contributed by atoms with Gasteiger partial charge >= 0.3 is 0 Å². The molecule has 1 saturated heterocycles. The zero-order valence-electron chi connectivity index (χ0n) is 13.6. The Morgan fingerprint density at radius 1 is 1.33 bits per heavy atom. The Hall–Kier alpha value is -1.42. The quantitative estimate of drug-likeness (QED) is 0.864. The highest BCUT2D eigenvalue weighted by molar-refractivity contribution is 5.71. The Labute approximate surface area is 127 Å². The first-order chi connectivity index (χ1) is 9.99. The Bertz CT molecular complexity index is 623. The molecule has 2 aromatic rings. The topological polar surface area (TPSA) is 34.0 Å². The molecule has 21 heavy (non-hydrogen) atoms. The fourth-order valence-corrected chi connectivity index (χ4v) is 3.36. The van der Waals surface area contributed by atoms with E-state index in [2.05, 4.69) is 48.2 Å². The number of likely N-dealkylation sites (tertiary alicyclic amines) is 1. The summed E-state index contributed by atoms with van der Waals surface area (Å²) in [6.45, 7) is 12.3. The van der Waals surface area contributed by atoms with E-state index >= 15 is 0 Å². The molecular weight excluding hydrogens is 260 g/mol. The molecule has 3 rings (SSSR count). The lowest BCUT2D eigenvalue weighted by atomic mass is 9.96. The van der Waals surface area contributed by atoms with Crippen LogP contribution in [0.15, 0.2) is 18.3 Å². The summed E-state index contributed by atoms with van der Waals surface area (Å²) < 4.78 is 2.36. The van der Waals surface area contributed by atoms with Crippen molar-refractivity contribution in [1.29, 1.82) is 0 Å². The van der Waals surface area contributed by atoms with Crippen molar-refractivity contribution in [1.82, 2.24) is 19.4 Å². The number of hydrogen-bond acceptors (Lipinski definition) is 3. The number of rotatable bonds is 3. The van der Waals surface area contributed by atoms with Gasteiger partial charge < -0.3 is 4.57 Å². The van der Waals surface area contributed by atoms with Crippen molar-refractivity contribution in [3.8, 4) is 0 Å². The van der Waals surface area contributed by atoms with Crippen LogP contribution in [0.1, 0.15) is 52.4 Å². The molecule has 114 valence electrons. The highest BCUT2D eigenvalue weighted by Crippen LogP contribution is 2.34. The van der Waals surface area contributed by atoms with Gasteiger partial charge in [-0.05, 0) is 43.5 Å². The summed E-state index contributed by atoms with van der Waals surface area (Å²) in [7, 11) is 0. The van der Waals surface area contributed by atoms with Crippen molar-refractivity contribution in [3.63, 3.8) is 0 Å². The van der Waals surface area contributed by atoms with E-state index < -0.39 is 0 Å². The van der Waals surface area contributed by atoms with Crippen LogP contribution in [0, 0.1) is 5.41 Å². The van der Waals surface area contributed by atoms with Crippen molar-refractivity contribution in [2.24, 2.45) is 5.41 Å². The molecule has 0 N–H and O–H groups in total.